The molecule has 0 spiro atoms. The Labute approximate surface area is 231 Å². The van der Waals surface area contributed by atoms with E-state index in [2.05, 4.69) is 69.2 Å². The van der Waals surface area contributed by atoms with Gasteiger partial charge < -0.3 is 21.1 Å². The van der Waals surface area contributed by atoms with E-state index in [1.54, 1.807) is 13.3 Å². The Hall–Kier alpha value is -4.13. The number of hydrogen-bond acceptors (Lipinski definition) is 5. The number of nitrogens with zero attached hydrogens (tertiary/aromatic N) is 2. The zero-order valence-electron chi connectivity index (χ0n) is 22.8. The van der Waals surface area contributed by atoms with E-state index in [4.69, 9.17) is 10.5 Å². The monoisotopic (exact) mass is 525 g/mol. The van der Waals surface area contributed by atoms with Crippen LogP contribution in [0.1, 0.15) is 61.6 Å². The first-order valence-electron chi connectivity index (χ1n) is 13.8. The molecule has 0 radical (unpaired) electrons. The molecule has 1 heterocycles. The van der Waals surface area contributed by atoms with Gasteiger partial charge in [-0.15, -0.1) is 0 Å². The van der Waals surface area contributed by atoms with E-state index in [0.717, 1.165) is 66.7 Å². The number of pyridine rings is 1. The summed E-state index contributed by atoms with van der Waals surface area (Å²) in [6.45, 7) is 1.80. The zero-order chi connectivity index (χ0) is 27.3. The predicted molar refractivity (Wildman–Crippen MR) is 159 cm³/mol. The fourth-order valence-corrected chi connectivity index (χ4v) is 4.62. The molecule has 0 atom stereocenters. The highest BCUT2D eigenvalue weighted by molar-refractivity contribution is 6.03. The van der Waals surface area contributed by atoms with Crippen LogP contribution in [0.25, 0.3) is 5.57 Å². The predicted octanol–water partition coefficient (Wildman–Crippen LogP) is 5.67. The Morgan fingerprint density at radius 1 is 1.13 bits per heavy atom. The molecule has 1 aromatic heterocycles. The van der Waals surface area contributed by atoms with Gasteiger partial charge in [-0.2, -0.15) is 0 Å². The second-order valence-electron chi connectivity index (χ2n) is 9.75. The van der Waals surface area contributed by atoms with Crippen molar-refractivity contribution in [2.75, 3.05) is 25.5 Å². The molecule has 4 rings (SSSR count). The van der Waals surface area contributed by atoms with Gasteiger partial charge in [0.1, 0.15) is 11.6 Å². The number of carbonyl (C=O) groups excluding carboxylic acids is 1. The summed E-state index contributed by atoms with van der Waals surface area (Å²) >= 11 is 0. The van der Waals surface area contributed by atoms with Gasteiger partial charge in [0.05, 0.1) is 7.11 Å². The zero-order valence-corrected chi connectivity index (χ0v) is 22.8. The minimum Gasteiger partial charge on any atom is -0.497 e. The Bertz CT molecular complexity index is 1270. The number of anilines is 1. The van der Waals surface area contributed by atoms with E-state index in [-0.39, 0.29) is 5.91 Å². The number of amides is 1. The summed E-state index contributed by atoms with van der Waals surface area (Å²) in [5.74, 6) is 1.45. The van der Waals surface area contributed by atoms with E-state index in [1.807, 2.05) is 18.3 Å². The van der Waals surface area contributed by atoms with E-state index in [9.17, 15) is 4.79 Å². The maximum Gasteiger partial charge on any atom is 0.220 e. The molecule has 2 aliphatic carbocycles. The molecule has 4 N–H and O–H groups in total. The molecule has 0 saturated carbocycles. The first-order valence-corrected chi connectivity index (χ1v) is 13.8. The molecule has 0 unspecified atom stereocenters. The van der Waals surface area contributed by atoms with Crippen molar-refractivity contribution >= 4 is 23.0 Å². The van der Waals surface area contributed by atoms with Gasteiger partial charge in [-0.25, -0.2) is 0 Å². The molecule has 0 aliphatic heterocycles. The molecule has 2 aliphatic rings. The average molecular weight is 526 g/mol. The second-order valence-corrected chi connectivity index (χ2v) is 9.75. The quantitative estimate of drug-likeness (QED) is 0.178. The number of allylic oxidation sites excluding steroid dienone is 5. The molecular formula is C32H39N5O2. The number of unbranched alkanes of at least 4 members (excludes halogenated alkanes) is 1. The third-order valence-corrected chi connectivity index (χ3v) is 6.84. The Morgan fingerprint density at radius 2 is 2.05 bits per heavy atom. The van der Waals surface area contributed by atoms with Gasteiger partial charge in [0.15, 0.2) is 0 Å². The Balaban J connectivity index is 1.37. The first kappa shape index (κ1) is 27.9. The van der Waals surface area contributed by atoms with Crippen molar-refractivity contribution in [2.24, 2.45) is 10.7 Å². The number of methoxy groups -OCH3 is 1. The van der Waals surface area contributed by atoms with Crippen molar-refractivity contribution in [3.05, 3.63) is 101 Å². The van der Waals surface area contributed by atoms with Gasteiger partial charge in [-0.05, 0) is 91.1 Å². The molecular weight excluding hydrogens is 486 g/mol. The summed E-state index contributed by atoms with van der Waals surface area (Å²) in [4.78, 5) is 21.1. The number of amidine groups is 1. The van der Waals surface area contributed by atoms with Crippen LogP contribution in [0.5, 0.6) is 0 Å². The fourth-order valence-electron chi connectivity index (χ4n) is 4.62. The van der Waals surface area contributed by atoms with Crippen molar-refractivity contribution in [3.8, 4) is 0 Å². The fraction of sp³-hybridized carbons (Fsp3) is 0.344. The van der Waals surface area contributed by atoms with Gasteiger partial charge in [-0.1, -0.05) is 30.4 Å². The van der Waals surface area contributed by atoms with Crippen LogP contribution in [0.4, 0.5) is 5.69 Å². The van der Waals surface area contributed by atoms with Gasteiger partial charge in [-0.3, -0.25) is 14.8 Å². The number of nitrogens with two attached hydrogens (primary N) is 1. The number of hydrogen-bond donors (Lipinski definition) is 3. The summed E-state index contributed by atoms with van der Waals surface area (Å²) in [5, 5.41) is 6.51. The van der Waals surface area contributed by atoms with Crippen LogP contribution in [-0.2, 0) is 16.1 Å². The van der Waals surface area contributed by atoms with E-state index < -0.39 is 0 Å². The first-order chi connectivity index (χ1) is 19.1. The number of nitrogens with one attached hydrogen (secondary N) is 2. The van der Waals surface area contributed by atoms with Crippen LogP contribution in [-0.4, -0.2) is 36.9 Å². The van der Waals surface area contributed by atoms with Gasteiger partial charge in [0, 0.05) is 49.7 Å². The molecule has 204 valence electrons. The number of benzene rings is 1. The van der Waals surface area contributed by atoms with E-state index in [0.29, 0.717) is 31.9 Å². The summed E-state index contributed by atoms with van der Waals surface area (Å²) in [6.07, 6.45) is 20.3. The molecule has 7 heteroatoms. The third kappa shape index (κ3) is 8.70. The molecule has 1 aromatic carbocycles. The molecule has 39 heavy (non-hydrogen) atoms. The highest BCUT2D eigenvalue weighted by atomic mass is 16.5. The average Bonchev–Trinajstić information content (AvgIpc) is 2.99. The third-order valence-electron chi connectivity index (χ3n) is 6.84. The van der Waals surface area contributed by atoms with Crippen LogP contribution < -0.4 is 16.4 Å². The summed E-state index contributed by atoms with van der Waals surface area (Å²) in [5.41, 5.74) is 12.9. The number of carbonyl (C=O) groups is 1. The SMILES string of the molecule is COC1=CCCC(c2ccc(NCc3cccnc3)c(C(N)=NCCCCC(=O)NCC3=CCCC=C3)c2)=C1. The van der Waals surface area contributed by atoms with Crippen LogP contribution in [0.2, 0.25) is 0 Å². The molecule has 2 aromatic rings. The van der Waals surface area contributed by atoms with Gasteiger partial charge in [0.2, 0.25) is 5.91 Å². The second kappa shape index (κ2) is 14.7. The van der Waals surface area contributed by atoms with E-state index >= 15 is 0 Å². The summed E-state index contributed by atoms with van der Waals surface area (Å²) in [7, 11) is 1.70. The summed E-state index contributed by atoms with van der Waals surface area (Å²) < 4.78 is 5.45. The minimum atomic E-state index is 0.0756. The largest absolute Gasteiger partial charge is 0.497 e. The van der Waals surface area contributed by atoms with Crippen molar-refractivity contribution in [2.45, 2.75) is 51.5 Å². The Morgan fingerprint density at radius 3 is 2.85 bits per heavy atom. The standard InChI is InChI=1S/C32H39N5O2/c1-39-28-13-7-12-26(19-28)27-15-16-30(36-23-25-11-8-17-34-21-25)29(20-27)32(33)35-18-6-5-14-31(38)37-22-24-9-3-2-4-10-24/h3,8-11,13,15-17,19-21,36H,2,4-7,12,14,18,22-23H2,1H3,(H2,33,35)(H,37,38). The van der Waals surface area contributed by atoms with Crippen LogP contribution in [0.15, 0.2) is 89.4 Å². The number of aliphatic imine (C=N–C) groups is 1. The smallest absolute Gasteiger partial charge is 0.220 e. The maximum absolute atomic E-state index is 12.2. The molecule has 0 saturated heterocycles. The van der Waals surface area contributed by atoms with Crippen LogP contribution >= 0.6 is 0 Å². The van der Waals surface area contributed by atoms with Crippen molar-refractivity contribution in [1.82, 2.24) is 10.3 Å². The highest BCUT2D eigenvalue weighted by Crippen LogP contribution is 2.30. The normalized spacial score (nSPS) is 15.2. The topological polar surface area (TPSA) is 102 Å². The maximum atomic E-state index is 12.2. The van der Waals surface area contributed by atoms with Gasteiger partial charge >= 0.3 is 0 Å². The van der Waals surface area contributed by atoms with E-state index in [1.165, 1.54) is 11.1 Å². The minimum absolute atomic E-state index is 0.0756. The lowest BCUT2D eigenvalue weighted by Crippen LogP contribution is -2.25. The lowest BCUT2D eigenvalue weighted by Gasteiger charge is -2.17. The molecule has 1 amide bonds. The molecule has 7 nitrogen and oxygen atoms in total. The number of aromatic nitrogens is 1. The Kier molecular flexibility index (Phi) is 10.5. The van der Waals surface area contributed by atoms with Crippen molar-refractivity contribution in [1.29, 1.82) is 0 Å². The van der Waals surface area contributed by atoms with Gasteiger partial charge in [0.25, 0.3) is 0 Å². The number of ether oxygens (including phenoxy) is 1. The number of rotatable bonds is 13. The summed E-state index contributed by atoms with van der Waals surface area (Å²) in [6, 6.07) is 10.3. The van der Waals surface area contributed by atoms with Crippen LogP contribution in [0.3, 0.4) is 0 Å². The molecule has 0 bridgehead atoms. The lowest BCUT2D eigenvalue weighted by atomic mass is 9.94. The van der Waals surface area contributed by atoms with Crippen molar-refractivity contribution in [3.63, 3.8) is 0 Å². The lowest BCUT2D eigenvalue weighted by molar-refractivity contribution is -0.121. The molecule has 0 fully saturated rings. The van der Waals surface area contributed by atoms with Crippen molar-refractivity contribution < 1.29 is 9.53 Å². The highest BCUT2D eigenvalue weighted by Gasteiger charge is 2.13. The van der Waals surface area contributed by atoms with Crippen LogP contribution in [0, 0.1) is 0 Å².